The molecule has 29 heavy (non-hydrogen) atoms. The van der Waals surface area contributed by atoms with Crippen LogP contribution in [0.2, 0.25) is 0 Å². The summed E-state index contributed by atoms with van der Waals surface area (Å²) < 4.78 is 11.4. The summed E-state index contributed by atoms with van der Waals surface area (Å²) in [7, 11) is 0. The van der Waals surface area contributed by atoms with Gasteiger partial charge in [0.1, 0.15) is 23.3 Å². The van der Waals surface area contributed by atoms with Crippen LogP contribution in [0.1, 0.15) is 26.3 Å². The molecule has 1 aliphatic heterocycles. The Balaban J connectivity index is 1.89. The summed E-state index contributed by atoms with van der Waals surface area (Å²) in [6, 6.07) is 10.3. The van der Waals surface area contributed by atoms with Crippen LogP contribution in [0.4, 0.5) is 0 Å². The lowest BCUT2D eigenvalue weighted by molar-refractivity contribution is 0.304. The zero-order valence-corrected chi connectivity index (χ0v) is 16.8. The largest absolute Gasteiger partial charge is 0.508 e. The minimum Gasteiger partial charge on any atom is -0.508 e. The molecule has 0 radical (unpaired) electrons. The van der Waals surface area contributed by atoms with Crippen molar-refractivity contribution in [1.29, 1.82) is 0 Å². The summed E-state index contributed by atoms with van der Waals surface area (Å²) in [6.07, 6.45) is 7.25. The molecule has 0 saturated heterocycles. The van der Waals surface area contributed by atoms with Crippen molar-refractivity contribution in [2.45, 2.75) is 26.2 Å². The van der Waals surface area contributed by atoms with E-state index in [0.29, 0.717) is 22.5 Å². The average molecular weight is 388 g/mol. The highest BCUT2D eigenvalue weighted by atomic mass is 16.5. The molecule has 4 nitrogen and oxygen atoms in total. The summed E-state index contributed by atoms with van der Waals surface area (Å²) >= 11 is 0. The molecule has 0 aliphatic carbocycles. The van der Waals surface area contributed by atoms with Gasteiger partial charge in [0, 0.05) is 17.0 Å². The summed E-state index contributed by atoms with van der Waals surface area (Å²) in [5.74, 6) is 1.43. The highest BCUT2D eigenvalue weighted by Crippen LogP contribution is 2.46. The van der Waals surface area contributed by atoms with Gasteiger partial charge in [-0.25, -0.2) is 0 Å². The van der Waals surface area contributed by atoms with Gasteiger partial charge in [0.25, 0.3) is 0 Å². The Hall–Kier alpha value is -3.27. The van der Waals surface area contributed by atoms with Gasteiger partial charge in [-0.05, 0) is 47.7 Å². The molecule has 4 rings (SSSR count). The Labute approximate surface area is 169 Å². The number of phenols is 1. The summed E-state index contributed by atoms with van der Waals surface area (Å²) in [4.78, 5) is 13.1. The molecule has 0 spiro atoms. The third kappa shape index (κ3) is 3.05. The Morgan fingerprint density at radius 1 is 1.17 bits per heavy atom. The van der Waals surface area contributed by atoms with E-state index in [-0.39, 0.29) is 22.5 Å². The van der Waals surface area contributed by atoms with Crippen LogP contribution < -0.4 is 10.2 Å². The molecule has 0 fully saturated rings. The lowest BCUT2D eigenvalue weighted by Crippen LogP contribution is -2.34. The van der Waals surface area contributed by atoms with E-state index in [1.54, 1.807) is 12.3 Å². The first-order valence-corrected chi connectivity index (χ1v) is 9.71. The normalized spacial score (nSPS) is 19.0. The van der Waals surface area contributed by atoms with Gasteiger partial charge in [0.05, 0.1) is 17.2 Å². The molecule has 1 N–H and O–H groups in total. The van der Waals surface area contributed by atoms with Crippen molar-refractivity contribution in [2.75, 3.05) is 0 Å². The number of allylic oxidation sites excluding steroid dienone is 2. The molecule has 0 amide bonds. The van der Waals surface area contributed by atoms with Crippen molar-refractivity contribution in [3.8, 4) is 22.6 Å². The number of fused-ring (bicyclic) bond motifs is 2. The first-order chi connectivity index (χ1) is 13.8. The van der Waals surface area contributed by atoms with Crippen molar-refractivity contribution in [2.24, 2.45) is 11.8 Å². The first kappa shape index (κ1) is 19.1. The first-order valence-electron chi connectivity index (χ1n) is 9.71. The van der Waals surface area contributed by atoms with Crippen molar-refractivity contribution in [3.63, 3.8) is 0 Å². The average Bonchev–Trinajstić information content (AvgIpc) is 2.68. The molecule has 3 aromatic rings. The Kier molecular flexibility index (Phi) is 4.58. The minimum absolute atomic E-state index is 0.0611. The fraction of sp³-hybridized carbons (Fsp3) is 0.240. The molecule has 0 bridgehead atoms. The molecule has 2 atom stereocenters. The molecule has 2 unspecified atom stereocenters. The Bertz CT molecular complexity index is 1190. The van der Waals surface area contributed by atoms with E-state index in [1.165, 1.54) is 18.4 Å². The van der Waals surface area contributed by atoms with Gasteiger partial charge in [-0.15, -0.1) is 6.58 Å². The second-order valence-electron chi connectivity index (χ2n) is 8.08. The molecule has 148 valence electrons. The third-order valence-corrected chi connectivity index (χ3v) is 5.90. The van der Waals surface area contributed by atoms with Crippen LogP contribution in [0, 0.1) is 11.8 Å². The monoisotopic (exact) mass is 388 g/mol. The van der Waals surface area contributed by atoms with Crippen molar-refractivity contribution in [1.82, 2.24) is 0 Å². The molecule has 0 saturated carbocycles. The van der Waals surface area contributed by atoms with E-state index in [0.717, 1.165) is 16.9 Å². The zero-order valence-electron chi connectivity index (χ0n) is 16.8. The van der Waals surface area contributed by atoms with Crippen LogP contribution in [-0.2, 0) is 5.41 Å². The van der Waals surface area contributed by atoms with Crippen LogP contribution >= 0.6 is 0 Å². The van der Waals surface area contributed by atoms with Gasteiger partial charge < -0.3 is 14.3 Å². The Morgan fingerprint density at radius 2 is 1.97 bits per heavy atom. The van der Waals surface area contributed by atoms with Gasteiger partial charge in [-0.2, -0.15) is 0 Å². The number of hydrogen-bond acceptors (Lipinski definition) is 4. The number of aromatic hydroxyl groups is 1. The number of hydrogen-bond donors (Lipinski definition) is 1. The van der Waals surface area contributed by atoms with Crippen molar-refractivity contribution in [3.05, 3.63) is 83.4 Å². The van der Waals surface area contributed by atoms with Crippen LogP contribution in [0.25, 0.3) is 22.1 Å². The molecular weight excluding hydrogens is 364 g/mol. The van der Waals surface area contributed by atoms with E-state index in [2.05, 4.69) is 33.4 Å². The van der Waals surface area contributed by atoms with Gasteiger partial charge in [0.15, 0.2) is 5.43 Å². The molecule has 1 aliphatic rings. The molecular formula is C25H24O4. The lowest BCUT2D eigenvalue weighted by Gasteiger charge is -2.39. The standard InChI is InChI=1S/C25H24O4/c1-5-20(15(2)3)25(4)10-11-28-22-9-6-16(12-21(22)25)19-14-29-23-13-17(26)7-8-18(23)24(19)27/h5-15,20,26H,1H2,2-4H3. The molecule has 2 aromatic carbocycles. The van der Waals surface area contributed by atoms with E-state index >= 15 is 0 Å². The fourth-order valence-electron chi connectivity index (χ4n) is 4.38. The number of ether oxygens (including phenoxy) is 1. The number of benzene rings is 2. The van der Waals surface area contributed by atoms with Gasteiger partial charge in [0.2, 0.25) is 0 Å². The topological polar surface area (TPSA) is 59.7 Å². The third-order valence-electron chi connectivity index (χ3n) is 5.90. The SMILES string of the molecule is C=CC(C(C)C)C1(C)C=COc2ccc(-c3coc4cc(O)ccc4c3=O)cc21. The lowest BCUT2D eigenvalue weighted by atomic mass is 9.66. The molecule has 2 heterocycles. The quantitative estimate of drug-likeness (QED) is 0.575. The Morgan fingerprint density at radius 3 is 2.69 bits per heavy atom. The maximum atomic E-state index is 13.1. The fourth-order valence-corrected chi connectivity index (χ4v) is 4.38. The van der Waals surface area contributed by atoms with Crippen molar-refractivity contribution >= 4 is 11.0 Å². The zero-order chi connectivity index (χ0) is 20.8. The van der Waals surface area contributed by atoms with Crippen molar-refractivity contribution < 1.29 is 14.3 Å². The maximum absolute atomic E-state index is 13.1. The second kappa shape index (κ2) is 6.96. The van der Waals surface area contributed by atoms with Crippen LogP contribution in [0.15, 0.2) is 76.9 Å². The van der Waals surface area contributed by atoms with E-state index < -0.39 is 0 Å². The minimum atomic E-state index is -0.303. The highest BCUT2D eigenvalue weighted by molar-refractivity contribution is 5.83. The van der Waals surface area contributed by atoms with Gasteiger partial charge in [-0.1, -0.05) is 32.9 Å². The predicted octanol–water partition coefficient (Wildman–Crippen LogP) is 5.79. The van der Waals surface area contributed by atoms with E-state index in [9.17, 15) is 9.90 Å². The summed E-state index contributed by atoms with van der Waals surface area (Å²) in [5.41, 5.74) is 2.18. The van der Waals surface area contributed by atoms with E-state index in [4.69, 9.17) is 9.15 Å². The predicted molar refractivity (Wildman–Crippen MR) is 115 cm³/mol. The highest BCUT2D eigenvalue weighted by Gasteiger charge is 2.38. The summed E-state index contributed by atoms with van der Waals surface area (Å²) in [6.45, 7) is 10.6. The maximum Gasteiger partial charge on any atom is 0.200 e. The van der Waals surface area contributed by atoms with Crippen LogP contribution in [0.3, 0.4) is 0 Å². The van der Waals surface area contributed by atoms with Gasteiger partial charge in [-0.3, -0.25) is 4.79 Å². The smallest absolute Gasteiger partial charge is 0.200 e. The number of rotatable bonds is 4. The molecule has 4 heteroatoms. The van der Waals surface area contributed by atoms with E-state index in [1.807, 2.05) is 24.3 Å². The van der Waals surface area contributed by atoms with Gasteiger partial charge >= 0.3 is 0 Å². The van der Waals surface area contributed by atoms with Crippen LogP contribution in [-0.4, -0.2) is 5.11 Å². The van der Waals surface area contributed by atoms with Crippen LogP contribution in [0.5, 0.6) is 11.5 Å². The summed E-state index contributed by atoms with van der Waals surface area (Å²) in [5, 5.41) is 10.1. The number of phenolic OH excluding ortho intramolecular Hbond substituents is 1. The second-order valence-corrected chi connectivity index (χ2v) is 8.08. The molecule has 1 aromatic heterocycles.